The predicted octanol–water partition coefficient (Wildman–Crippen LogP) is 0.197. The summed E-state index contributed by atoms with van der Waals surface area (Å²) in [7, 11) is 0. The van der Waals surface area contributed by atoms with Gasteiger partial charge in [0.25, 0.3) is 0 Å². The first-order valence-corrected chi connectivity index (χ1v) is 6.59. The normalized spacial score (nSPS) is 15.3. The minimum Gasteiger partial charge on any atom is -0.465 e. The van der Waals surface area contributed by atoms with E-state index in [0.29, 0.717) is 13.0 Å². The second-order valence-electron chi connectivity index (χ2n) is 4.82. The molecule has 1 unspecified atom stereocenters. The fourth-order valence-electron chi connectivity index (χ4n) is 1.89. The van der Waals surface area contributed by atoms with Crippen LogP contribution in [0.1, 0.15) is 12.5 Å². The van der Waals surface area contributed by atoms with Crippen molar-refractivity contribution >= 4 is 6.09 Å². The molecule has 0 aliphatic rings. The maximum absolute atomic E-state index is 10.8. The Morgan fingerprint density at radius 2 is 1.85 bits per heavy atom. The van der Waals surface area contributed by atoms with Crippen LogP contribution < -0.4 is 10.6 Å². The molecule has 112 valence electrons. The van der Waals surface area contributed by atoms with E-state index in [4.69, 9.17) is 10.2 Å². The Hall–Kier alpha value is -1.63. The van der Waals surface area contributed by atoms with Gasteiger partial charge in [0, 0.05) is 13.1 Å². The van der Waals surface area contributed by atoms with Crippen molar-refractivity contribution in [1.82, 2.24) is 10.6 Å². The summed E-state index contributed by atoms with van der Waals surface area (Å²) < 4.78 is 0. The molecule has 20 heavy (non-hydrogen) atoms. The van der Waals surface area contributed by atoms with Crippen LogP contribution in [0.3, 0.4) is 0 Å². The minimum atomic E-state index is -1.17. The van der Waals surface area contributed by atoms with Gasteiger partial charge in [0.05, 0.1) is 18.2 Å². The Balaban J connectivity index is 2.56. The molecular weight excluding hydrogens is 260 g/mol. The van der Waals surface area contributed by atoms with E-state index in [9.17, 15) is 9.90 Å². The van der Waals surface area contributed by atoms with Crippen LogP contribution in [0.4, 0.5) is 4.79 Å². The largest absolute Gasteiger partial charge is 0.465 e. The first-order chi connectivity index (χ1) is 9.49. The zero-order valence-electron chi connectivity index (χ0n) is 11.5. The monoisotopic (exact) mass is 282 g/mol. The predicted molar refractivity (Wildman–Crippen MR) is 75.7 cm³/mol. The fraction of sp³-hybridized carbons (Fsp3) is 0.500. The molecule has 0 saturated heterocycles. The third kappa shape index (κ3) is 6.51. The molecule has 5 N–H and O–H groups in total. The van der Waals surface area contributed by atoms with Gasteiger partial charge in [0.1, 0.15) is 0 Å². The van der Waals surface area contributed by atoms with E-state index < -0.39 is 24.3 Å². The van der Waals surface area contributed by atoms with Crippen LogP contribution in [0.2, 0.25) is 0 Å². The molecule has 1 amide bonds. The minimum absolute atomic E-state index is 0.211. The molecule has 0 radical (unpaired) electrons. The molecule has 6 nitrogen and oxygen atoms in total. The van der Waals surface area contributed by atoms with Crippen molar-refractivity contribution < 1.29 is 20.1 Å². The van der Waals surface area contributed by atoms with Gasteiger partial charge in [-0.3, -0.25) is 0 Å². The molecule has 0 fully saturated rings. The average molecular weight is 282 g/mol. The Morgan fingerprint density at radius 3 is 2.40 bits per heavy atom. The second kappa shape index (κ2) is 8.52. The molecule has 0 saturated carbocycles. The van der Waals surface area contributed by atoms with Crippen molar-refractivity contribution in [2.45, 2.75) is 31.6 Å². The first-order valence-electron chi connectivity index (χ1n) is 6.59. The summed E-state index contributed by atoms with van der Waals surface area (Å²) in [6.07, 6.45) is -2.14. The van der Waals surface area contributed by atoms with Gasteiger partial charge in [0.15, 0.2) is 0 Å². The molecule has 3 atom stereocenters. The van der Waals surface area contributed by atoms with E-state index in [0.717, 1.165) is 5.56 Å². The Labute approximate surface area is 118 Å². The summed E-state index contributed by atoms with van der Waals surface area (Å²) in [5.74, 6) is 0. The number of nitrogens with one attached hydrogen (secondary N) is 2. The van der Waals surface area contributed by atoms with Crippen molar-refractivity contribution in [2.24, 2.45) is 0 Å². The summed E-state index contributed by atoms with van der Waals surface area (Å²) in [5.41, 5.74) is 0.945. The number of amides is 1. The number of carbonyl (C=O) groups is 1. The summed E-state index contributed by atoms with van der Waals surface area (Å²) in [6.45, 7) is 2.20. The van der Waals surface area contributed by atoms with Crippen molar-refractivity contribution in [1.29, 1.82) is 0 Å². The molecule has 6 heteroatoms. The third-order valence-corrected chi connectivity index (χ3v) is 2.86. The molecule has 1 rings (SSSR count). The summed E-state index contributed by atoms with van der Waals surface area (Å²) in [4.78, 5) is 10.8. The lowest BCUT2D eigenvalue weighted by atomic mass is 10.0. The number of rotatable bonds is 8. The van der Waals surface area contributed by atoms with Crippen LogP contribution in [0, 0.1) is 0 Å². The molecule has 0 aromatic heterocycles. The number of hydrogen-bond acceptors (Lipinski definition) is 4. The number of carboxylic acid groups (broad SMARTS) is 1. The smallest absolute Gasteiger partial charge is 0.404 e. The molecule has 1 aromatic carbocycles. The van der Waals surface area contributed by atoms with Gasteiger partial charge >= 0.3 is 6.09 Å². The Kier molecular flexibility index (Phi) is 7.00. The Morgan fingerprint density at radius 1 is 1.20 bits per heavy atom. The van der Waals surface area contributed by atoms with Crippen molar-refractivity contribution in [3.05, 3.63) is 35.9 Å². The van der Waals surface area contributed by atoms with Crippen molar-refractivity contribution in [2.75, 3.05) is 13.1 Å². The van der Waals surface area contributed by atoms with Gasteiger partial charge < -0.3 is 26.0 Å². The quantitative estimate of drug-likeness (QED) is 0.469. The lowest BCUT2D eigenvalue weighted by Gasteiger charge is -2.23. The van der Waals surface area contributed by atoms with Crippen molar-refractivity contribution in [3.63, 3.8) is 0 Å². The van der Waals surface area contributed by atoms with Crippen molar-refractivity contribution in [3.8, 4) is 0 Å². The molecule has 0 heterocycles. The van der Waals surface area contributed by atoms with Crippen LogP contribution in [-0.4, -0.2) is 52.8 Å². The van der Waals surface area contributed by atoms with Crippen LogP contribution in [0.25, 0.3) is 0 Å². The molecule has 0 spiro atoms. The highest BCUT2D eigenvalue weighted by atomic mass is 16.4. The third-order valence-electron chi connectivity index (χ3n) is 2.86. The summed E-state index contributed by atoms with van der Waals surface area (Å²) in [5, 5.41) is 33.3. The zero-order chi connectivity index (χ0) is 15.0. The van der Waals surface area contributed by atoms with E-state index in [2.05, 4.69) is 10.6 Å². The van der Waals surface area contributed by atoms with E-state index in [1.807, 2.05) is 30.3 Å². The summed E-state index contributed by atoms with van der Waals surface area (Å²) in [6, 6.07) is 8.77. The number of hydrogen-bond donors (Lipinski definition) is 5. The van der Waals surface area contributed by atoms with Crippen LogP contribution in [0.15, 0.2) is 30.3 Å². The SMILES string of the molecule is CC(O)CNC[C@@H](O)[C@H](Cc1ccccc1)NC(=O)O. The van der Waals surface area contributed by atoms with Crippen LogP contribution in [0.5, 0.6) is 0 Å². The number of aliphatic hydroxyl groups is 2. The molecule has 0 bridgehead atoms. The topological polar surface area (TPSA) is 102 Å². The highest BCUT2D eigenvalue weighted by Gasteiger charge is 2.21. The van der Waals surface area contributed by atoms with Gasteiger partial charge in [-0.1, -0.05) is 30.3 Å². The Bertz CT molecular complexity index is 397. The number of benzene rings is 1. The molecule has 0 aliphatic carbocycles. The second-order valence-corrected chi connectivity index (χ2v) is 4.82. The maximum Gasteiger partial charge on any atom is 0.404 e. The average Bonchev–Trinajstić information content (AvgIpc) is 2.38. The van der Waals surface area contributed by atoms with Gasteiger partial charge in [0.2, 0.25) is 0 Å². The lowest BCUT2D eigenvalue weighted by Crippen LogP contribution is -2.49. The van der Waals surface area contributed by atoms with Gasteiger partial charge in [-0.25, -0.2) is 4.79 Å². The lowest BCUT2D eigenvalue weighted by molar-refractivity contribution is 0.112. The van der Waals surface area contributed by atoms with E-state index in [-0.39, 0.29) is 6.54 Å². The van der Waals surface area contributed by atoms with Gasteiger partial charge in [-0.05, 0) is 18.9 Å². The maximum atomic E-state index is 10.8. The summed E-state index contributed by atoms with van der Waals surface area (Å²) >= 11 is 0. The highest BCUT2D eigenvalue weighted by Crippen LogP contribution is 2.06. The first kappa shape index (κ1) is 16.4. The zero-order valence-corrected chi connectivity index (χ0v) is 11.5. The van der Waals surface area contributed by atoms with E-state index in [1.54, 1.807) is 6.92 Å². The van der Waals surface area contributed by atoms with Crippen LogP contribution >= 0.6 is 0 Å². The molecule has 0 aliphatic heterocycles. The fourth-order valence-corrected chi connectivity index (χ4v) is 1.89. The van der Waals surface area contributed by atoms with E-state index >= 15 is 0 Å². The molecular formula is C14H22N2O4. The molecule has 1 aromatic rings. The van der Waals surface area contributed by atoms with Gasteiger partial charge in [-0.2, -0.15) is 0 Å². The standard InChI is InChI=1S/C14H22N2O4/c1-10(17)8-15-9-13(18)12(16-14(19)20)7-11-5-3-2-4-6-11/h2-6,10,12-13,15-18H,7-9H2,1H3,(H,19,20)/t10?,12-,13+/m0/s1. The van der Waals surface area contributed by atoms with E-state index in [1.165, 1.54) is 0 Å². The highest BCUT2D eigenvalue weighted by molar-refractivity contribution is 5.65. The van der Waals surface area contributed by atoms with Gasteiger partial charge in [-0.15, -0.1) is 0 Å². The number of aliphatic hydroxyl groups excluding tert-OH is 2. The van der Waals surface area contributed by atoms with Crippen LogP contribution in [-0.2, 0) is 6.42 Å².